The number of likely N-dealkylation sites (tertiary alicyclic amines) is 1. The van der Waals surface area contributed by atoms with E-state index in [9.17, 15) is 14.4 Å². The van der Waals surface area contributed by atoms with Gasteiger partial charge >= 0.3 is 6.01 Å². The number of methoxy groups -OCH3 is 2. The van der Waals surface area contributed by atoms with E-state index in [1.54, 1.807) is 42.3 Å². The van der Waals surface area contributed by atoms with Gasteiger partial charge in [-0.05, 0) is 53.6 Å². The van der Waals surface area contributed by atoms with Gasteiger partial charge in [0.1, 0.15) is 23.4 Å². The molecule has 1 fully saturated rings. The van der Waals surface area contributed by atoms with E-state index in [1.807, 2.05) is 36.4 Å². The first kappa shape index (κ1) is 30.4. The molecule has 6 bridgehead atoms. The molecule has 12 heteroatoms. The van der Waals surface area contributed by atoms with E-state index in [-0.39, 0.29) is 36.9 Å². The van der Waals surface area contributed by atoms with E-state index in [0.29, 0.717) is 53.4 Å². The molecule has 3 amide bonds. The summed E-state index contributed by atoms with van der Waals surface area (Å²) in [6.45, 7) is 0.768. The Hall–Kier alpha value is -5.65. The van der Waals surface area contributed by atoms with E-state index < -0.39 is 12.1 Å². The van der Waals surface area contributed by atoms with Crippen LogP contribution in [-0.4, -0.2) is 78.7 Å². The third-order valence-corrected chi connectivity index (χ3v) is 7.89. The first-order valence-electron chi connectivity index (χ1n) is 14.8. The summed E-state index contributed by atoms with van der Waals surface area (Å²) >= 11 is 0. The SMILES string of the molecule is COc1ncc(C(=O)N2CC[C@H]3Oc4ccc(cc4)CNC(=O)COc4cccc(c4)-c4cc(ccc4OC)C(=O)N[C@@H]3C2)cn1. The number of aromatic nitrogens is 2. The number of ether oxygens (including phenoxy) is 4. The van der Waals surface area contributed by atoms with E-state index in [0.717, 1.165) is 11.1 Å². The minimum Gasteiger partial charge on any atom is -0.496 e. The van der Waals surface area contributed by atoms with Gasteiger partial charge in [0.05, 0.1) is 25.8 Å². The smallest absolute Gasteiger partial charge is 0.316 e. The highest BCUT2D eigenvalue weighted by molar-refractivity contribution is 5.97. The van der Waals surface area contributed by atoms with Gasteiger partial charge in [-0.2, -0.15) is 0 Å². The second-order valence-corrected chi connectivity index (χ2v) is 10.9. The molecule has 236 valence electrons. The number of hydrogen-bond acceptors (Lipinski definition) is 9. The Kier molecular flexibility index (Phi) is 8.95. The van der Waals surface area contributed by atoms with Crippen molar-refractivity contribution in [1.82, 2.24) is 25.5 Å². The first-order valence-corrected chi connectivity index (χ1v) is 14.8. The monoisotopic (exact) mass is 623 g/mol. The molecule has 7 rings (SSSR count). The van der Waals surface area contributed by atoms with E-state index in [4.69, 9.17) is 18.9 Å². The lowest BCUT2D eigenvalue weighted by molar-refractivity contribution is -0.123. The van der Waals surface area contributed by atoms with Gasteiger partial charge in [0.25, 0.3) is 17.7 Å². The van der Waals surface area contributed by atoms with Crippen LogP contribution in [0.2, 0.25) is 0 Å². The molecule has 46 heavy (non-hydrogen) atoms. The number of carbonyl (C=O) groups is 3. The zero-order valence-corrected chi connectivity index (χ0v) is 25.4. The zero-order chi connectivity index (χ0) is 32.0. The number of fused-ring (bicyclic) bond motifs is 7. The van der Waals surface area contributed by atoms with E-state index in [1.165, 1.54) is 19.5 Å². The van der Waals surface area contributed by atoms with Crippen molar-refractivity contribution in [3.63, 3.8) is 0 Å². The van der Waals surface area contributed by atoms with Crippen molar-refractivity contribution in [1.29, 1.82) is 0 Å². The topological polar surface area (TPSA) is 141 Å². The van der Waals surface area contributed by atoms with Crippen LogP contribution in [0.25, 0.3) is 11.1 Å². The van der Waals surface area contributed by atoms with Crippen molar-refractivity contribution in [2.75, 3.05) is 33.9 Å². The summed E-state index contributed by atoms with van der Waals surface area (Å²) in [6, 6.07) is 19.4. The van der Waals surface area contributed by atoms with Gasteiger partial charge in [0, 0.05) is 49.6 Å². The van der Waals surface area contributed by atoms with Crippen LogP contribution in [-0.2, 0) is 11.3 Å². The standard InChI is InChI=1S/C34H33N5O7/c1-43-29-11-8-23-15-27(29)22-4-3-5-26(14-22)45-20-31(40)35-16-21-6-9-25(10-7-21)46-30-12-13-39(19-28(30)38-32(23)41)33(42)24-17-36-34(44-2)37-18-24/h3-11,14-15,17-18,28,30H,12-13,16,19-20H2,1-2H3,(H,35,40)(H,38,41)/t28-,30-/m1/s1. The Labute approximate surface area is 265 Å². The lowest BCUT2D eigenvalue weighted by atomic mass is 9.98. The van der Waals surface area contributed by atoms with Crippen molar-refractivity contribution in [2.45, 2.75) is 25.1 Å². The molecule has 4 heterocycles. The Morgan fingerprint density at radius 1 is 0.935 bits per heavy atom. The molecule has 0 unspecified atom stereocenters. The van der Waals surface area contributed by atoms with Crippen LogP contribution in [0.5, 0.6) is 23.3 Å². The van der Waals surface area contributed by atoms with Crippen molar-refractivity contribution < 1.29 is 33.3 Å². The second-order valence-electron chi connectivity index (χ2n) is 10.9. The Morgan fingerprint density at radius 3 is 2.50 bits per heavy atom. The van der Waals surface area contributed by atoms with E-state index in [2.05, 4.69) is 20.6 Å². The van der Waals surface area contributed by atoms with Crippen LogP contribution >= 0.6 is 0 Å². The zero-order valence-electron chi connectivity index (χ0n) is 25.4. The lowest BCUT2D eigenvalue weighted by Gasteiger charge is -2.38. The fraction of sp³-hybridized carbons (Fsp3) is 0.265. The predicted molar refractivity (Wildman–Crippen MR) is 167 cm³/mol. The molecule has 3 aliphatic heterocycles. The van der Waals surface area contributed by atoms with Gasteiger partial charge in [0.2, 0.25) is 0 Å². The van der Waals surface area contributed by atoms with Gasteiger partial charge < -0.3 is 34.5 Å². The molecule has 0 radical (unpaired) electrons. The third-order valence-electron chi connectivity index (χ3n) is 7.89. The molecule has 1 aromatic heterocycles. The summed E-state index contributed by atoms with van der Waals surface area (Å²) in [5, 5.41) is 6.00. The third kappa shape index (κ3) is 6.85. The van der Waals surface area contributed by atoms with Crippen LogP contribution in [0.1, 0.15) is 32.7 Å². The molecular formula is C34H33N5O7. The normalized spacial score (nSPS) is 18.2. The lowest BCUT2D eigenvalue weighted by Crippen LogP contribution is -2.58. The molecule has 1 saturated heterocycles. The number of rotatable bonds is 3. The Bertz CT molecular complexity index is 1730. The number of piperidine rings is 1. The summed E-state index contributed by atoms with van der Waals surface area (Å²) in [4.78, 5) is 49.5. The van der Waals surface area contributed by atoms with Gasteiger partial charge in [0.15, 0.2) is 6.61 Å². The Morgan fingerprint density at radius 2 is 1.74 bits per heavy atom. The quantitative estimate of drug-likeness (QED) is 0.352. The molecule has 2 N–H and O–H groups in total. The molecule has 12 nitrogen and oxygen atoms in total. The molecule has 4 aromatic rings. The number of nitrogens with zero attached hydrogens (tertiary/aromatic N) is 3. The van der Waals surface area contributed by atoms with Crippen molar-refractivity contribution in [3.05, 3.63) is 95.8 Å². The number of carbonyl (C=O) groups excluding carboxylic acids is 3. The minimum absolute atomic E-state index is 0.154. The summed E-state index contributed by atoms with van der Waals surface area (Å²) in [6.07, 6.45) is 2.88. The maximum absolute atomic E-state index is 13.8. The Balaban J connectivity index is 1.33. The molecule has 3 aromatic carbocycles. The predicted octanol–water partition coefficient (Wildman–Crippen LogP) is 3.26. The minimum atomic E-state index is -0.545. The molecular weight excluding hydrogens is 590 g/mol. The maximum Gasteiger partial charge on any atom is 0.316 e. The van der Waals surface area contributed by atoms with Gasteiger partial charge in [-0.1, -0.05) is 24.3 Å². The average molecular weight is 624 g/mol. The van der Waals surface area contributed by atoms with Crippen LogP contribution < -0.4 is 29.6 Å². The summed E-state index contributed by atoms with van der Waals surface area (Å²) in [5.74, 6) is 0.805. The fourth-order valence-corrected chi connectivity index (χ4v) is 5.45. The van der Waals surface area contributed by atoms with Gasteiger partial charge in [-0.15, -0.1) is 0 Å². The van der Waals surface area contributed by atoms with Crippen LogP contribution in [0.15, 0.2) is 79.1 Å². The largest absolute Gasteiger partial charge is 0.496 e. The second kappa shape index (κ2) is 13.6. The van der Waals surface area contributed by atoms with Gasteiger partial charge in [-0.3, -0.25) is 14.4 Å². The highest BCUT2D eigenvalue weighted by Gasteiger charge is 2.35. The van der Waals surface area contributed by atoms with Crippen LogP contribution in [0.4, 0.5) is 0 Å². The number of hydrogen-bond donors (Lipinski definition) is 2. The van der Waals surface area contributed by atoms with Crippen molar-refractivity contribution >= 4 is 17.7 Å². The summed E-state index contributed by atoms with van der Waals surface area (Å²) < 4.78 is 22.8. The number of amides is 3. The average Bonchev–Trinajstić information content (AvgIpc) is 3.10. The maximum atomic E-state index is 13.8. The highest BCUT2D eigenvalue weighted by Crippen LogP contribution is 2.33. The van der Waals surface area contributed by atoms with Gasteiger partial charge in [-0.25, -0.2) is 9.97 Å². The molecule has 0 aliphatic carbocycles. The fourth-order valence-electron chi connectivity index (χ4n) is 5.45. The molecule has 0 spiro atoms. The van der Waals surface area contributed by atoms with Crippen molar-refractivity contribution in [3.8, 4) is 34.4 Å². The van der Waals surface area contributed by atoms with Crippen LogP contribution in [0, 0.1) is 0 Å². The highest BCUT2D eigenvalue weighted by atomic mass is 16.5. The molecule has 3 aliphatic rings. The first-order chi connectivity index (χ1) is 22.4. The number of benzene rings is 3. The summed E-state index contributed by atoms with van der Waals surface area (Å²) in [5.41, 5.74) is 3.01. The molecule has 2 atom stereocenters. The molecule has 0 saturated carbocycles. The van der Waals surface area contributed by atoms with Crippen LogP contribution in [0.3, 0.4) is 0 Å². The van der Waals surface area contributed by atoms with Crippen molar-refractivity contribution in [2.24, 2.45) is 0 Å². The van der Waals surface area contributed by atoms with E-state index >= 15 is 0 Å². The number of nitrogens with one attached hydrogen (secondary N) is 2. The summed E-state index contributed by atoms with van der Waals surface area (Å²) in [7, 11) is 3.01.